The summed E-state index contributed by atoms with van der Waals surface area (Å²) in [7, 11) is 0. The van der Waals surface area contributed by atoms with Gasteiger partial charge < -0.3 is 5.73 Å². The molecule has 0 aliphatic rings. The Balaban J connectivity index is 1.84. The van der Waals surface area contributed by atoms with Crippen molar-refractivity contribution in [3.63, 3.8) is 0 Å². The van der Waals surface area contributed by atoms with Crippen molar-refractivity contribution < 1.29 is 0 Å². The van der Waals surface area contributed by atoms with Crippen LogP contribution in [0.4, 0.5) is 0 Å². The molecule has 0 saturated carbocycles. The molecule has 2 aromatic carbocycles. The standard InChI is InChI=1S/C16H16N4S/c1-10-5-11(2)7-12(6-10)9-18-16(17)13-3-4-14-15(8-13)20-21-19-14/h3-8H,9H2,1-2H3,(H2,17,18). The molecule has 0 spiro atoms. The molecule has 0 aliphatic heterocycles. The number of benzene rings is 2. The van der Waals surface area contributed by atoms with Gasteiger partial charge in [-0.2, -0.15) is 8.75 Å². The molecule has 4 nitrogen and oxygen atoms in total. The summed E-state index contributed by atoms with van der Waals surface area (Å²) in [6, 6.07) is 12.2. The zero-order valence-corrected chi connectivity index (χ0v) is 12.8. The largest absolute Gasteiger partial charge is 0.383 e. The van der Waals surface area contributed by atoms with Crippen LogP contribution in [0.1, 0.15) is 22.3 Å². The van der Waals surface area contributed by atoms with Crippen molar-refractivity contribution >= 4 is 28.6 Å². The van der Waals surface area contributed by atoms with E-state index in [1.165, 1.54) is 28.4 Å². The molecule has 0 saturated heterocycles. The maximum absolute atomic E-state index is 6.08. The van der Waals surface area contributed by atoms with E-state index in [1.54, 1.807) is 0 Å². The minimum atomic E-state index is 0.532. The lowest BCUT2D eigenvalue weighted by atomic mass is 10.1. The highest BCUT2D eigenvalue weighted by atomic mass is 32.1. The fourth-order valence-electron chi connectivity index (χ4n) is 2.37. The van der Waals surface area contributed by atoms with Gasteiger partial charge in [-0.1, -0.05) is 29.3 Å². The Morgan fingerprint density at radius 2 is 1.76 bits per heavy atom. The van der Waals surface area contributed by atoms with Crippen LogP contribution in [0.5, 0.6) is 0 Å². The molecule has 5 heteroatoms. The number of nitrogens with zero attached hydrogens (tertiary/aromatic N) is 3. The van der Waals surface area contributed by atoms with Gasteiger partial charge in [0, 0.05) is 5.56 Å². The minimum Gasteiger partial charge on any atom is -0.383 e. The summed E-state index contributed by atoms with van der Waals surface area (Å²) in [6.07, 6.45) is 0. The van der Waals surface area contributed by atoms with Gasteiger partial charge in [-0.25, -0.2) is 0 Å². The summed E-state index contributed by atoms with van der Waals surface area (Å²) in [4.78, 5) is 4.49. The van der Waals surface area contributed by atoms with E-state index in [1.807, 2.05) is 18.2 Å². The van der Waals surface area contributed by atoms with Crippen molar-refractivity contribution in [2.75, 3.05) is 0 Å². The molecular formula is C16H16N4S. The van der Waals surface area contributed by atoms with Gasteiger partial charge in [-0.3, -0.25) is 4.99 Å². The lowest BCUT2D eigenvalue weighted by Gasteiger charge is -2.04. The van der Waals surface area contributed by atoms with Crippen molar-refractivity contribution in [3.05, 3.63) is 58.7 Å². The number of aryl methyl sites for hydroxylation is 2. The van der Waals surface area contributed by atoms with E-state index < -0.39 is 0 Å². The molecule has 0 unspecified atom stereocenters. The highest BCUT2D eigenvalue weighted by Crippen LogP contribution is 2.14. The van der Waals surface area contributed by atoms with Crippen LogP contribution in [0, 0.1) is 13.8 Å². The first-order valence-corrected chi connectivity index (χ1v) is 7.44. The Morgan fingerprint density at radius 3 is 2.52 bits per heavy atom. The summed E-state index contributed by atoms with van der Waals surface area (Å²) in [5, 5.41) is 0. The van der Waals surface area contributed by atoms with Crippen LogP contribution in [-0.2, 0) is 6.54 Å². The molecule has 1 aromatic heterocycles. The molecule has 0 bridgehead atoms. The predicted octanol–water partition coefficient (Wildman–Crippen LogP) is 3.21. The van der Waals surface area contributed by atoms with Crippen molar-refractivity contribution in [2.24, 2.45) is 10.7 Å². The Hall–Kier alpha value is -2.27. The summed E-state index contributed by atoms with van der Waals surface area (Å²) >= 11 is 1.21. The van der Waals surface area contributed by atoms with Crippen molar-refractivity contribution in [1.29, 1.82) is 0 Å². The van der Waals surface area contributed by atoms with Gasteiger partial charge in [-0.15, -0.1) is 0 Å². The van der Waals surface area contributed by atoms with Gasteiger partial charge in [0.05, 0.1) is 18.3 Å². The molecule has 3 aromatic rings. The normalized spacial score (nSPS) is 12.0. The fourth-order valence-corrected chi connectivity index (χ4v) is 2.89. The van der Waals surface area contributed by atoms with Crippen LogP contribution in [0.25, 0.3) is 11.0 Å². The minimum absolute atomic E-state index is 0.532. The number of amidine groups is 1. The highest BCUT2D eigenvalue weighted by Gasteiger charge is 2.03. The fraction of sp³-hybridized carbons (Fsp3) is 0.188. The lowest BCUT2D eigenvalue weighted by Crippen LogP contribution is -2.13. The Bertz CT molecular complexity index is 800. The first-order chi connectivity index (χ1) is 10.1. The van der Waals surface area contributed by atoms with Gasteiger partial charge in [0.2, 0.25) is 0 Å². The van der Waals surface area contributed by atoms with Crippen LogP contribution >= 0.6 is 11.7 Å². The summed E-state index contributed by atoms with van der Waals surface area (Å²) < 4.78 is 8.41. The van der Waals surface area contributed by atoms with Gasteiger partial charge in [0.25, 0.3) is 0 Å². The monoisotopic (exact) mass is 296 g/mol. The van der Waals surface area contributed by atoms with E-state index in [9.17, 15) is 0 Å². The molecule has 0 atom stereocenters. The topological polar surface area (TPSA) is 64.2 Å². The van der Waals surface area contributed by atoms with Gasteiger partial charge in [-0.05, 0) is 37.6 Å². The number of aromatic nitrogens is 2. The SMILES string of the molecule is Cc1cc(C)cc(CN=C(N)c2ccc3nsnc3c2)c1. The van der Waals surface area contributed by atoms with Crippen molar-refractivity contribution in [3.8, 4) is 0 Å². The molecule has 2 N–H and O–H groups in total. The number of rotatable bonds is 3. The van der Waals surface area contributed by atoms with Gasteiger partial charge in [0.15, 0.2) is 0 Å². The highest BCUT2D eigenvalue weighted by molar-refractivity contribution is 7.00. The van der Waals surface area contributed by atoms with Gasteiger partial charge in [0.1, 0.15) is 16.9 Å². The van der Waals surface area contributed by atoms with E-state index in [0.717, 1.165) is 16.6 Å². The number of hydrogen-bond donors (Lipinski definition) is 1. The third-order valence-electron chi connectivity index (χ3n) is 3.26. The van der Waals surface area contributed by atoms with Crippen molar-refractivity contribution in [2.45, 2.75) is 20.4 Å². The molecule has 106 valence electrons. The van der Waals surface area contributed by atoms with E-state index >= 15 is 0 Å². The zero-order valence-electron chi connectivity index (χ0n) is 12.0. The van der Waals surface area contributed by atoms with E-state index in [-0.39, 0.29) is 0 Å². The molecule has 0 radical (unpaired) electrons. The van der Waals surface area contributed by atoms with Crippen LogP contribution < -0.4 is 5.73 Å². The maximum atomic E-state index is 6.08. The average Bonchev–Trinajstić information content (AvgIpc) is 2.91. The predicted molar refractivity (Wildman–Crippen MR) is 87.8 cm³/mol. The number of aliphatic imine (C=N–C) groups is 1. The Kier molecular flexibility index (Phi) is 3.66. The van der Waals surface area contributed by atoms with E-state index in [0.29, 0.717) is 12.4 Å². The first kappa shape index (κ1) is 13.7. The quantitative estimate of drug-likeness (QED) is 0.596. The van der Waals surface area contributed by atoms with Crippen LogP contribution in [-0.4, -0.2) is 14.6 Å². The summed E-state index contributed by atoms with van der Waals surface area (Å²) in [5.41, 5.74) is 12.4. The zero-order chi connectivity index (χ0) is 14.8. The van der Waals surface area contributed by atoms with Crippen molar-refractivity contribution in [1.82, 2.24) is 8.75 Å². The van der Waals surface area contributed by atoms with Crippen LogP contribution in [0.3, 0.4) is 0 Å². The molecule has 0 aliphatic carbocycles. The number of nitrogens with two attached hydrogens (primary N) is 1. The summed E-state index contributed by atoms with van der Waals surface area (Å²) in [6.45, 7) is 4.77. The third-order valence-corrected chi connectivity index (χ3v) is 3.82. The smallest absolute Gasteiger partial charge is 0.126 e. The second-order valence-electron chi connectivity index (χ2n) is 5.17. The lowest BCUT2D eigenvalue weighted by molar-refractivity contribution is 1.05. The van der Waals surface area contributed by atoms with Crippen LogP contribution in [0.2, 0.25) is 0 Å². The van der Waals surface area contributed by atoms with Crippen LogP contribution in [0.15, 0.2) is 41.4 Å². The summed E-state index contributed by atoms with van der Waals surface area (Å²) in [5.74, 6) is 0.532. The molecule has 0 amide bonds. The number of hydrogen-bond acceptors (Lipinski definition) is 4. The molecular weight excluding hydrogens is 280 g/mol. The molecule has 0 fully saturated rings. The average molecular weight is 296 g/mol. The first-order valence-electron chi connectivity index (χ1n) is 6.71. The number of fused-ring (bicyclic) bond motifs is 1. The molecule has 3 rings (SSSR count). The van der Waals surface area contributed by atoms with E-state index in [4.69, 9.17) is 5.73 Å². The second kappa shape index (κ2) is 5.61. The molecule has 1 heterocycles. The molecule has 21 heavy (non-hydrogen) atoms. The van der Waals surface area contributed by atoms with Gasteiger partial charge >= 0.3 is 0 Å². The maximum Gasteiger partial charge on any atom is 0.126 e. The second-order valence-corrected chi connectivity index (χ2v) is 5.69. The Labute approximate surface area is 127 Å². The third kappa shape index (κ3) is 3.08. The Morgan fingerprint density at radius 1 is 1.05 bits per heavy atom. The van der Waals surface area contributed by atoms with E-state index in [2.05, 4.69) is 45.8 Å².